The molecule has 1 aliphatic heterocycles. The predicted molar refractivity (Wildman–Crippen MR) is 118 cm³/mol. The highest BCUT2D eigenvalue weighted by atomic mass is 35.5. The summed E-state index contributed by atoms with van der Waals surface area (Å²) in [5.41, 5.74) is 0.536. The molecule has 1 unspecified atom stereocenters. The van der Waals surface area contributed by atoms with Gasteiger partial charge in [0.15, 0.2) is 5.75 Å². The second kappa shape index (κ2) is 8.56. The number of rotatable bonds is 4. The van der Waals surface area contributed by atoms with E-state index in [9.17, 15) is 19.5 Å². The Kier molecular flexibility index (Phi) is 5.84. The smallest absolute Gasteiger partial charge is 0.263 e. The minimum Gasteiger partial charge on any atom is -0.505 e. The molecule has 3 N–H and O–H groups in total. The third kappa shape index (κ3) is 4.35. The molecule has 2 heterocycles. The number of phenolic OH excluding ortho intramolecular Hbond substituents is 1. The van der Waals surface area contributed by atoms with E-state index >= 15 is 0 Å². The number of hydrogen-bond acceptors (Lipinski definition) is 5. The quantitative estimate of drug-likeness (QED) is 0.553. The molecular weight excluding hydrogens is 443 g/mol. The highest BCUT2D eigenvalue weighted by Crippen LogP contribution is 2.33. The van der Waals surface area contributed by atoms with Crippen molar-refractivity contribution in [1.82, 2.24) is 14.9 Å². The molecule has 10 heteroatoms. The van der Waals surface area contributed by atoms with E-state index in [1.165, 1.54) is 23.0 Å². The van der Waals surface area contributed by atoms with Crippen LogP contribution in [0.15, 0.2) is 41.5 Å². The topological polar surface area (TPSA) is 113 Å². The molecule has 1 aromatic heterocycles. The Labute approximate surface area is 186 Å². The SMILES string of the molecule is O=C1CC(Cn2cnc3cccc(NC(=O)c4cc(Cl)c(O)c(Cl)c4)c3c2=O)CCN1. The maximum atomic E-state index is 13.2. The molecule has 0 radical (unpaired) electrons. The zero-order valence-electron chi connectivity index (χ0n) is 16.2. The standard InChI is InChI=1S/C21H18Cl2N4O4/c22-13-7-12(8-14(23)19(13)29)20(30)26-16-3-1-2-15-18(16)21(31)27(10-25-15)9-11-4-5-24-17(28)6-11/h1-3,7-8,10-11,29H,4-6,9H2,(H,24,28)(H,26,30). The number of amides is 2. The Morgan fingerprint density at radius 3 is 2.71 bits per heavy atom. The molecule has 4 rings (SSSR count). The van der Waals surface area contributed by atoms with Crippen molar-refractivity contribution in [3.8, 4) is 5.75 Å². The molecule has 2 aromatic carbocycles. The fourth-order valence-electron chi connectivity index (χ4n) is 3.61. The van der Waals surface area contributed by atoms with E-state index in [1.54, 1.807) is 18.2 Å². The molecule has 1 saturated heterocycles. The van der Waals surface area contributed by atoms with Crippen molar-refractivity contribution in [2.45, 2.75) is 19.4 Å². The van der Waals surface area contributed by atoms with Crippen LogP contribution in [-0.4, -0.2) is 33.0 Å². The van der Waals surface area contributed by atoms with Crippen LogP contribution in [0.1, 0.15) is 23.2 Å². The molecule has 1 aliphatic rings. The Morgan fingerprint density at radius 1 is 1.26 bits per heavy atom. The molecular formula is C21H18Cl2N4O4. The summed E-state index contributed by atoms with van der Waals surface area (Å²) in [6, 6.07) is 7.53. The molecule has 0 saturated carbocycles. The molecule has 2 amide bonds. The minimum absolute atomic E-state index is 0.0304. The van der Waals surface area contributed by atoms with E-state index in [0.717, 1.165) is 6.42 Å². The van der Waals surface area contributed by atoms with Gasteiger partial charge in [0.1, 0.15) is 0 Å². The number of nitrogens with zero attached hydrogens (tertiary/aromatic N) is 2. The van der Waals surface area contributed by atoms with Crippen LogP contribution in [0.5, 0.6) is 5.75 Å². The Balaban J connectivity index is 1.67. The van der Waals surface area contributed by atoms with Crippen LogP contribution < -0.4 is 16.2 Å². The third-order valence-electron chi connectivity index (χ3n) is 5.18. The molecule has 31 heavy (non-hydrogen) atoms. The third-order valence-corrected chi connectivity index (χ3v) is 5.76. The maximum absolute atomic E-state index is 13.2. The van der Waals surface area contributed by atoms with Gasteiger partial charge in [0.25, 0.3) is 11.5 Å². The summed E-state index contributed by atoms with van der Waals surface area (Å²) >= 11 is 11.8. The molecule has 0 spiro atoms. The van der Waals surface area contributed by atoms with Gasteiger partial charge in [-0.25, -0.2) is 4.98 Å². The largest absolute Gasteiger partial charge is 0.505 e. The average molecular weight is 461 g/mol. The number of halogens is 2. The van der Waals surface area contributed by atoms with Gasteiger partial charge < -0.3 is 15.7 Å². The van der Waals surface area contributed by atoms with Crippen molar-refractivity contribution in [2.75, 3.05) is 11.9 Å². The van der Waals surface area contributed by atoms with Crippen LogP contribution in [0.2, 0.25) is 10.0 Å². The van der Waals surface area contributed by atoms with Crippen LogP contribution in [-0.2, 0) is 11.3 Å². The lowest BCUT2D eigenvalue weighted by Crippen LogP contribution is -2.36. The average Bonchev–Trinajstić information content (AvgIpc) is 2.73. The summed E-state index contributed by atoms with van der Waals surface area (Å²) in [7, 11) is 0. The number of phenols is 1. The lowest BCUT2D eigenvalue weighted by molar-refractivity contribution is -0.123. The number of benzene rings is 2. The first-order valence-corrected chi connectivity index (χ1v) is 10.3. The molecule has 0 aliphatic carbocycles. The first-order chi connectivity index (χ1) is 14.8. The summed E-state index contributed by atoms with van der Waals surface area (Å²) in [4.78, 5) is 41.9. The highest BCUT2D eigenvalue weighted by molar-refractivity contribution is 6.37. The van der Waals surface area contributed by atoms with Gasteiger partial charge in [-0.2, -0.15) is 0 Å². The van der Waals surface area contributed by atoms with Gasteiger partial charge in [-0.1, -0.05) is 29.3 Å². The van der Waals surface area contributed by atoms with Gasteiger partial charge in [0.2, 0.25) is 5.91 Å². The molecule has 0 bridgehead atoms. The van der Waals surface area contributed by atoms with Crippen LogP contribution in [0.4, 0.5) is 5.69 Å². The molecule has 160 valence electrons. The first-order valence-electron chi connectivity index (χ1n) is 9.57. The lowest BCUT2D eigenvalue weighted by Gasteiger charge is -2.22. The van der Waals surface area contributed by atoms with E-state index in [0.29, 0.717) is 25.0 Å². The molecule has 1 fully saturated rings. The van der Waals surface area contributed by atoms with E-state index in [4.69, 9.17) is 23.2 Å². The molecule has 3 aromatic rings. The van der Waals surface area contributed by atoms with Crippen molar-refractivity contribution in [3.63, 3.8) is 0 Å². The fraction of sp³-hybridized carbons (Fsp3) is 0.238. The number of anilines is 1. The summed E-state index contributed by atoms with van der Waals surface area (Å²) in [6.45, 7) is 0.943. The Hall–Kier alpha value is -3.10. The number of carbonyl (C=O) groups is 2. The Bertz CT molecular complexity index is 1230. The van der Waals surface area contributed by atoms with E-state index in [1.807, 2.05) is 0 Å². The fourth-order valence-corrected chi connectivity index (χ4v) is 4.10. The number of nitrogens with one attached hydrogen (secondary N) is 2. The van der Waals surface area contributed by atoms with Crippen molar-refractivity contribution in [3.05, 3.63) is 62.6 Å². The van der Waals surface area contributed by atoms with Crippen LogP contribution in [0.25, 0.3) is 10.9 Å². The zero-order chi connectivity index (χ0) is 22.1. The van der Waals surface area contributed by atoms with Crippen molar-refractivity contribution >= 4 is 51.6 Å². The van der Waals surface area contributed by atoms with Gasteiger partial charge in [-0.15, -0.1) is 0 Å². The van der Waals surface area contributed by atoms with E-state index < -0.39 is 5.91 Å². The summed E-state index contributed by atoms with van der Waals surface area (Å²) < 4.78 is 1.47. The number of piperidine rings is 1. The highest BCUT2D eigenvalue weighted by Gasteiger charge is 2.21. The number of fused-ring (bicyclic) bond motifs is 1. The van der Waals surface area contributed by atoms with Crippen LogP contribution >= 0.6 is 23.2 Å². The van der Waals surface area contributed by atoms with Crippen molar-refractivity contribution in [2.24, 2.45) is 5.92 Å². The molecule has 8 nitrogen and oxygen atoms in total. The zero-order valence-corrected chi connectivity index (χ0v) is 17.7. The van der Waals surface area contributed by atoms with Gasteiger partial charge in [0.05, 0.1) is 33.0 Å². The minimum atomic E-state index is -0.546. The van der Waals surface area contributed by atoms with Gasteiger partial charge >= 0.3 is 0 Å². The predicted octanol–water partition coefficient (Wildman–Crippen LogP) is 3.19. The number of hydrogen-bond donors (Lipinski definition) is 3. The molecule has 1 atom stereocenters. The summed E-state index contributed by atoms with van der Waals surface area (Å²) in [6.07, 6.45) is 2.59. The van der Waals surface area contributed by atoms with Gasteiger partial charge in [-0.3, -0.25) is 19.0 Å². The lowest BCUT2D eigenvalue weighted by atomic mass is 9.97. The van der Waals surface area contributed by atoms with E-state index in [-0.39, 0.29) is 49.8 Å². The van der Waals surface area contributed by atoms with Crippen molar-refractivity contribution < 1.29 is 14.7 Å². The van der Waals surface area contributed by atoms with Crippen LogP contribution in [0.3, 0.4) is 0 Å². The second-order valence-electron chi connectivity index (χ2n) is 7.35. The number of aromatic nitrogens is 2. The van der Waals surface area contributed by atoms with Gasteiger partial charge in [0, 0.05) is 25.1 Å². The Morgan fingerprint density at radius 2 is 2.00 bits per heavy atom. The normalized spacial score (nSPS) is 16.2. The first kappa shape index (κ1) is 21.1. The van der Waals surface area contributed by atoms with Crippen LogP contribution in [0, 0.1) is 5.92 Å². The second-order valence-corrected chi connectivity index (χ2v) is 8.17. The van der Waals surface area contributed by atoms with Gasteiger partial charge in [-0.05, 0) is 36.6 Å². The number of aromatic hydroxyl groups is 1. The maximum Gasteiger partial charge on any atom is 0.263 e. The number of carbonyl (C=O) groups excluding carboxylic acids is 2. The summed E-state index contributed by atoms with van der Waals surface area (Å²) in [5.74, 6) is -0.852. The van der Waals surface area contributed by atoms with E-state index in [2.05, 4.69) is 15.6 Å². The monoisotopic (exact) mass is 460 g/mol. The summed E-state index contributed by atoms with van der Waals surface area (Å²) in [5, 5.41) is 15.3. The van der Waals surface area contributed by atoms with Crippen molar-refractivity contribution in [1.29, 1.82) is 0 Å².